The average molecular weight is 739 g/mol. The minimum atomic E-state index is -1.03. The van der Waals surface area contributed by atoms with Crippen LogP contribution in [0.5, 0.6) is 0 Å². The monoisotopic (exact) mass is 738 g/mol. The first-order valence-electron chi connectivity index (χ1n) is 19.5. The lowest BCUT2D eigenvalue weighted by atomic mass is 9.80. The molecule has 13 heteroatoms. The Balaban J connectivity index is 1.35. The van der Waals surface area contributed by atoms with E-state index in [0.717, 1.165) is 38.5 Å². The number of carbonyl (C=O) groups excluding carboxylic acids is 7. The highest BCUT2D eigenvalue weighted by molar-refractivity contribution is 6.38. The van der Waals surface area contributed by atoms with E-state index in [0.29, 0.717) is 13.0 Å². The average Bonchev–Trinajstić information content (AvgIpc) is 3.95. The van der Waals surface area contributed by atoms with Gasteiger partial charge in [0.25, 0.3) is 5.91 Å². The molecule has 6 atom stereocenters. The van der Waals surface area contributed by atoms with E-state index in [1.807, 2.05) is 55.4 Å². The largest absolute Gasteiger partial charge is 0.346 e. The van der Waals surface area contributed by atoms with E-state index in [9.17, 15) is 33.6 Å². The zero-order valence-electron chi connectivity index (χ0n) is 33.1. The van der Waals surface area contributed by atoms with Crippen molar-refractivity contribution in [2.24, 2.45) is 39.4 Å². The van der Waals surface area contributed by atoms with Crippen LogP contribution < -0.4 is 21.3 Å². The van der Waals surface area contributed by atoms with Gasteiger partial charge in [-0.3, -0.25) is 33.7 Å². The van der Waals surface area contributed by atoms with E-state index in [4.69, 9.17) is 0 Å². The Morgan fingerprint density at radius 2 is 1.51 bits per heavy atom. The molecule has 294 valence electrons. The highest BCUT2D eigenvalue weighted by atomic mass is 16.2. The first-order chi connectivity index (χ1) is 24.6. The number of nitrogens with zero attached hydrogens (tertiary/aromatic N) is 2. The fourth-order valence-corrected chi connectivity index (χ4v) is 8.77. The predicted octanol–water partition coefficient (Wildman–Crippen LogP) is 3.46. The Kier molecular flexibility index (Phi) is 11.3. The van der Waals surface area contributed by atoms with Gasteiger partial charge in [0.05, 0.1) is 12.1 Å². The van der Waals surface area contributed by atoms with Crippen LogP contribution in [0.1, 0.15) is 113 Å². The van der Waals surface area contributed by atoms with Gasteiger partial charge in [0.1, 0.15) is 12.1 Å². The zero-order chi connectivity index (χ0) is 39.3. The summed E-state index contributed by atoms with van der Waals surface area (Å²) in [6, 6.07) is -4.12. The van der Waals surface area contributed by atoms with Gasteiger partial charge < -0.3 is 26.2 Å². The molecule has 0 aromatic heterocycles. The predicted molar refractivity (Wildman–Crippen MR) is 199 cm³/mol. The third-order valence-corrected chi connectivity index (χ3v) is 12.4. The van der Waals surface area contributed by atoms with Crippen molar-refractivity contribution in [3.8, 4) is 0 Å². The van der Waals surface area contributed by atoms with Crippen LogP contribution in [-0.2, 0) is 28.8 Å². The topological polar surface area (TPSA) is 174 Å². The van der Waals surface area contributed by atoms with Crippen LogP contribution >= 0.6 is 0 Å². The van der Waals surface area contributed by atoms with Crippen molar-refractivity contribution in [3.05, 3.63) is 12.7 Å². The molecule has 2 saturated heterocycles. The number of nitrogens with one attached hydrogen (secondary N) is 4. The number of Topliss-reactive ketones (excluding diaryl/α,β-unsaturated/α-hetero) is 1. The number of ketones is 1. The summed E-state index contributed by atoms with van der Waals surface area (Å²) in [5.41, 5.74) is -1.63. The molecular weight excluding hydrogens is 676 g/mol. The molecule has 0 radical (unpaired) electrons. The summed E-state index contributed by atoms with van der Waals surface area (Å²) in [6.07, 6.45) is 8.02. The molecular formula is C40H62N6O7. The number of imide groups is 1. The number of piperidine rings is 1. The van der Waals surface area contributed by atoms with E-state index in [2.05, 4.69) is 27.8 Å². The fourth-order valence-electron chi connectivity index (χ4n) is 8.77. The van der Waals surface area contributed by atoms with Gasteiger partial charge in [0.2, 0.25) is 29.4 Å². The minimum absolute atomic E-state index is 0.00493. The fraction of sp³-hybridized carbons (Fsp3) is 0.775. The van der Waals surface area contributed by atoms with Gasteiger partial charge >= 0.3 is 6.03 Å². The molecule has 3 aliphatic carbocycles. The molecule has 3 saturated carbocycles. The van der Waals surface area contributed by atoms with Crippen molar-refractivity contribution in [2.45, 2.75) is 137 Å². The summed E-state index contributed by atoms with van der Waals surface area (Å²) in [4.78, 5) is 97.8. The number of likely N-dealkylation sites (tertiary alicyclic amines) is 2. The number of rotatable bonds is 13. The number of hydrogen-bond acceptors (Lipinski definition) is 7. The van der Waals surface area contributed by atoms with Gasteiger partial charge in [-0.25, -0.2) is 4.79 Å². The molecule has 7 amide bonds. The highest BCUT2D eigenvalue weighted by Gasteiger charge is 2.64. The van der Waals surface area contributed by atoms with Crippen molar-refractivity contribution in [3.63, 3.8) is 0 Å². The maximum Gasteiger partial charge on any atom is 0.315 e. The second-order valence-corrected chi connectivity index (χ2v) is 19.5. The second-order valence-electron chi connectivity index (χ2n) is 19.5. The zero-order valence-corrected chi connectivity index (χ0v) is 33.1. The molecule has 1 unspecified atom stereocenters. The standard InChI is InChI=1S/C40H62N6O7/c1-10-17-41-34(51)31(49)26(18-23-11-12-23)42-33(50)30-24-13-14-40(15-16-40)25(24)21-46(30)35(52)32(38(5,6)7)44-36(53)43-27(37(2,3)4)22-45-28(47)19-39(8,9)20-29(45)48/h10,23-27,30,32H,1,11-22H2,2-9H3,(H,41,51)(H,42,50)(H2,43,44,53)/t24-,25-,26?,27+,30-,32+/m0/s1. The van der Waals surface area contributed by atoms with Crippen molar-refractivity contribution >= 4 is 41.4 Å². The number of fused-ring (bicyclic) bond motifs is 2. The Labute approximate surface area is 314 Å². The van der Waals surface area contributed by atoms with Crippen LogP contribution in [0.4, 0.5) is 4.79 Å². The Hall–Kier alpha value is -3.77. The number of hydrogen-bond donors (Lipinski definition) is 4. The molecule has 5 rings (SSSR count). The molecule has 5 aliphatic rings. The first kappa shape index (κ1) is 40.4. The summed E-state index contributed by atoms with van der Waals surface area (Å²) < 4.78 is 0. The molecule has 4 N–H and O–H groups in total. The second kappa shape index (κ2) is 14.8. The molecule has 53 heavy (non-hydrogen) atoms. The molecule has 2 heterocycles. The van der Waals surface area contributed by atoms with Gasteiger partial charge in [-0.15, -0.1) is 6.58 Å². The molecule has 13 nitrogen and oxygen atoms in total. The first-order valence-corrected chi connectivity index (χ1v) is 19.5. The van der Waals surface area contributed by atoms with Gasteiger partial charge in [-0.05, 0) is 71.5 Å². The summed E-state index contributed by atoms with van der Waals surface area (Å²) >= 11 is 0. The summed E-state index contributed by atoms with van der Waals surface area (Å²) in [6.45, 7) is 19.2. The van der Waals surface area contributed by atoms with Crippen LogP contribution in [-0.4, -0.2) is 95.0 Å². The van der Waals surface area contributed by atoms with Crippen LogP contribution in [0.2, 0.25) is 0 Å². The maximum atomic E-state index is 14.8. The molecule has 0 aromatic carbocycles. The lowest BCUT2D eigenvalue weighted by Crippen LogP contribution is -2.63. The van der Waals surface area contributed by atoms with Crippen molar-refractivity contribution in [1.29, 1.82) is 0 Å². The molecule has 2 aliphatic heterocycles. The quantitative estimate of drug-likeness (QED) is 0.127. The van der Waals surface area contributed by atoms with Gasteiger partial charge in [0, 0.05) is 32.5 Å². The smallest absolute Gasteiger partial charge is 0.315 e. The van der Waals surface area contributed by atoms with E-state index in [-0.39, 0.29) is 66.8 Å². The third kappa shape index (κ3) is 9.13. The molecule has 0 bridgehead atoms. The Morgan fingerprint density at radius 1 is 0.887 bits per heavy atom. The molecule has 5 fully saturated rings. The summed E-state index contributed by atoms with van der Waals surface area (Å²) in [5, 5.41) is 11.3. The summed E-state index contributed by atoms with van der Waals surface area (Å²) in [5.74, 6) is -2.60. The van der Waals surface area contributed by atoms with E-state index < -0.39 is 64.0 Å². The van der Waals surface area contributed by atoms with Crippen LogP contribution in [0.25, 0.3) is 0 Å². The lowest BCUT2D eigenvalue weighted by Gasteiger charge is -2.40. The number of amides is 7. The SMILES string of the molecule is C=CCNC(=O)C(=O)C(CC1CC1)NC(=O)[C@@H]1[C@H]2CCC3(CC3)[C@H]2CN1C(=O)[C@@H](NC(=O)N[C@H](CN1C(=O)CC(C)(C)CC1=O)C(C)(C)C)C(C)(C)C. The van der Waals surface area contributed by atoms with Gasteiger partial charge in [0.15, 0.2) is 0 Å². The Bertz CT molecular complexity index is 1500. The van der Waals surface area contributed by atoms with Crippen molar-refractivity contribution in [1.82, 2.24) is 31.1 Å². The highest BCUT2D eigenvalue weighted by Crippen LogP contribution is 2.66. The van der Waals surface area contributed by atoms with Crippen LogP contribution in [0, 0.1) is 39.4 Å². The van der Waals surface area contributed by atoms with Crippen LogP contribution in [0.3, 0.4) is 0 Å². The molecule has 1 spiro atoms. The normalized spacial score (nSPS) is 26.3. The van der Waals surface area contributed by atoms with Crippen molar-refractivity contribution in [2.75, 3.05) is 19.6 Å². The summed E-state index contributed by atoms with van der Waals surface area (Å²) in [7, 11) is 0. The lowest BCUT2D eigenvalue weighted by molar-refractivity contribution is -0.153. The third-order valence-electron chi connectivity index (χ3n) is 12.4. The number of urea groups is 1. The van der Waals surface area contributed by atoms with Crippen LogP contribution in [0.15, 0.2) is 12.7 Å². The number of carbonyl (C=O) groups is 7. The van der Waals surface area contributed by atoms with E-state index >= 15 is 0 Å². The van der Waals surface area contributed by atoms with Crippen molar-refractivity contribution < 1.29 is 33.6 Å². The van der Waals surface area contributed by atoms with Gasteiger partial charge in [-0.2, -0.15) is 0 Å². The van der Waals surface area contributed by atoms with E-state index in [1.165, 1.54) is 11.0 Å². The van der Waals surface area contributed by atoms with E-state index in [1.54, 1.807) is 4.90 Å². The minimum Gasteiger partial charge on any atom is -0.346 e. The maximum absolute atomic E-state index is 14.8. The Morgan fingerprint density at radius 3 is 2.04 bits per heavy atom. The van der Waals surface area contributed by atoms with Gasteiger partial charge in [-0.1, -0.05) is 74.3 Å². The molecule has 0 aromatic rings.